The minimum Gasteiger partial charge on any atom is -0.493 e. The highest BCUT2D eigenvalue weighted by Gasteiger charge is 2.33. The van der Waals surface area contributed by atoms with Crippen LogP contribution in [0.4, 0.5) is 0 Å². The van der Waals surface area contributed by atoms with E-state index in [1.807, 2.05) is 62.4 Å². The number of hydrogen-bond donors (Lipinski definition) is 0. The van der Waals surface area contributed by atoms with Crippen molar-refractivity contribution in [3.05, 3.63) is 90.1 Å². The van der Waals surface area contributed by atoms with Crippen LogP contribution in [0.1, 0.15) is 49.9 Å². The topological polar surface area (TPSA) is 79.1 Å². The molecule has 0 amide bonds. The van der Waals surface area contributed by atoms with Gasteiger partial charge in [0.2, 0.25) is 0 Å². The van der Waals surface area contributed by atoms with E-state index in [4.69, 9.17) is 14.2 Å². The molecule has 0 saturated carbocycles. The molecule has 8 heteroatoms. The van der Waals surface area contributed by atoms with Crippen LogP contribution in [-0.2, 0) is 9.53 Å². The van der Waals surface area contributed by atoms with Gasteiger partial charge in [0.1, 0.15) is 0 Å². The lowest BCUT2D eigenvalue weighted by Gasteiger charge is -2.24. The number of rotatable bonds is 8. The molecule has 0 fully saturated rings. The molecule has 0 unspecified atom stereocenters. The Hall–Kier alpha value is -3.65. The molecule has 1 atom stereocenters. The molecule has 0 saturated heterocycles. The van der Waals surface area contributed by atoms with Crippen LogP contribution in [0.25, 0.3) is 6.08 Å². The third-order valence-corrected chi connectivity index (χ3v) is 6.84. The number of fused-ring (bicyclic) bond motifs is 1. The maximum Gasteiger partial charge on any atom is 0.338 e. The number of carbonyl (C=O) groups is 1. The zero-order valence-corrected chi connectivity index (χ0v) is 22.0. The summed E-state index contributed by atoms with van der Waals surface area (Å²) < 4.78 is 18.7. The number of ether oxygens (including phenoxy) is 3. The first-order valence-corrected chi connectivity index (χ1v) is 12.8. The first kappa shape index (κ1) is 25.4. The van der Waals surface area contributed by atoms with Crippen LogP contribution in [0.3, 0.4) is 0 Å². The second kappa shape index (κ2) is 11.0. The molecular formula is C28H30N2O5S. The van der Waals surface area contributed by atoms with E-state index in [0.29, 0.717) is 38.7 Å². The lowest BCUT2D eigenvalue weighted by atomic mass is 9.95. The molecule has 0 aliphatic carbocycles. The standard InChI is InChI=1S/C28H30N2O5S/c1-6-14-35-21-13-10-19(15-22(21)33-5)16-23-26(31)30-25(20-11-8-17(3)9-12-20)24(27(32)34-7-2)18(4)29-28(30)36-23/h8-13,15-16,25H,6-7,14H2,1-5H3/b23-16+/t25-/m0/s1. The summed E-state index contributed by atoms with van der Waals surface area (Å²) in [7, 11) is 1.59. The van der Waals surface area contributed by atoms with Gasteiger partial charge < -0.3 is 14.2 Å². The summed E-state index contributed by atoms with van der Waals surface area (Å²) in [6.45, 7) is 8.41. The number of aryl methyl sites for hydroxylation is 1. The van der Waals surface area contributed by atoms with Crippen LogP contribution in [0.15, 0.2) is 63.5 Å². The zero-order chi connectivity index (χ0) is 25.8. The highest BCUT2D eigenvalue weighted by Crippen LogP contribution is 2.31. The lowest BCUT2D eigenvalue weighted by Crippen LogP contribution is -2.39. The smallest absolute Gasteiger partial charge is 0.338 e. The number of aromatic nitrogens is 1. The number of esters is 1. The van der Waals surface area contributed by atoms with Crippen molar-refractivity contribution in [1.82, 2.24) is 4.57 Å². The van der Waals surface area contributed by atoms with Crippen LogP contribution >= 0.6 is 11.3 Å². The van der Waals surface area contributed by atoms with E-state index in [2.05, 4.69) is 4.99 Å². The minimum absolute atomic E-state index is 0.219. The first-order chi connectivity index (χ1) is 17.4. The summed E-state index contributed by atoms with van der Waals surface area (Å²) in [4.78, 5) is 31.8. The second-order valence-corrected chi connectivity index (χ2v) is 9.48. The fourth-order valence-electron chi connectivity index (χ4n) is 4.11. The van der Waals surface area contributed by atoms with Crippen molar-refractivity contribution in [1.29, 1.82) is 0 Å². The molecule has 0 radical (unpaired) electrons. The summed E-state index contributed by atoms with van der Waals surface area (Å²) in [5, 5.41) is 0. The average Bonchev–Trinajstić information content (AvgIpc) is 3.17. The monoisotopic (exact) mass is 506 g/mol. The normalized spacial score (nSPS) is 15.4. The molecule has 0 spiro atoms. The number of carbonyl (C=O) groups excluding carboxylic acids is 1. The summed E-state index contributed by atoms with van der Waals surface area (Å²) in [5.74, 6) is 0.793. The number of methoxy groups -OCH3 is 1. The van der Waals surface area contributed by atoms with Gasteiger partial charge in [-0.2, -0.15) is 0 Å². The minimum atomic E-state index is -0.623. The second-order valence-electron chi connectivity index (χ2n) is 8.47. The van der Waals surface area contributed by atoms with Gasteiger partial charge in [-0.05, 0) is 56.5 Å². The van der Waals surface area contributed by atoms with Crippen LogP contribution < -0.4 is 24.4 Å². The quantitative estimate of drug-likeness (QED) is 0.433. The molecule has 1 aliphatic rings. The Morgan fingerprint density at radius 3 is 2.53 bits per heavy atom. The van der Waals surface area contributed by atoms with Gasteiger partial charge in [-0.3, -0.25) is 9.36 Å². The van der Waals surface area contributed by atoms with Gasteiger partial charge in [0.15, 0.2) is 16.3 Å². The number of hydrogen-bond acceptors (Lipinski definition) is 7. The number of allylic oxidation sites excluding steroid dienone is 1. The Bertz CT molecular complexity index is 1480. The Morgan fingerprint density at radius 2 is 1.86 bits per heavy atom. The maximum atomic E-state index is 13.7. The van der Waals surface area contributed by atoms with Crippen molar-refractivity contribution in [3.8, 4) is 11.5 Å². The van der Waals surface area contributed by atoms with Gasteiger partial charge in [-0.25, -0.2) is 9.79 Å². The van der Waals surface area contributed by atoms with E-state index in [1.165, 1.54) is 11.3 Å². The van der Waals surface area contributed by atoms with E-state index in [1.54, 1.807) is 25.5 Å². The highest BCUT2D eigenvalue weighted by atomic mass is 32.1. The summed E-state index contributed by atoms with van der Waals surface area (Å²) >= 11 is 1.29. The van der Waals surface area contributed by atoms with Gasteiger partial charge in [-0.1, -0.05) is 54.2 Å². The van der Waals surface area contributed by atoms with Crippen LogP contribution in [0, 0.1) is 6.92 Å². The maximum absolute atomic E-state index is 13.7. The van der Waals surface area contributed by atoms with Crippen LogP contribution in [-0.4, -0.2) is 30.9 Å². The molecule has 0 bridgehead atoms. The van der Waals surface area contributed by atoms with Crippen molar-refractivity contribution in [2.45, 2.75) is 40.2 Å². The Balaban J connectivity index is 1.86. The Morgan fingerprint density at radius 1 is 1.11 bits per heavy atom. The average molecular weight is 507 g/mol. The van der Waals surface area contributed by atoms with Crippen molar-refractivity contribution < 1.29 is 19.0 Å². The molecule has 4 rings (SSSR count). The number of nitrogens with zero attached hydrogens (tertiary/aromatic N) is 2. The molecule has 0 N–H and O–H groups in total. The Kier molecular flexibility index (Phi) is 7.74. The van der Waals surface area contributed by atoms with E-state index < -0.39 is 12.0 Å². The van der Waals surface area contributed by atoms with Crippen molar-refractivity contribution >= 4 is 23.4 Å². The number of thiazole rings is 1. The first-order valence-electron chi connectivity index (χ1n) is 11.9. The SMILES string of the molecule is CCCOc1ccc(/C=c2/sc3n(c2=O)[C@@H](c2ccc(C)cc2)C(C(=O)OCC)=C(C)N=3)cc1OC. The van der Waals surface area contributed by atoms with Crippen molar-refractivity contribution in [3.63, 3.8) is 0 Å². The van der Waals surface area contributed by atoms with Crippen LogP contribution in [0.2, 0.25) is 0 Å². The van der Waals surface area contributed by atoms with Crippen molar-refractivity contribution in [2.24, 2.45) is 4.99 Å². The van der Waals surface area contributed by atoms with E-state index in [9.17, 15) is 9.59 Å². The lowest BCUT2D eigenvalue weighted by molar-refractivity contribution is -0.139. The molecule has 1 aliphatic heterocycles. The molecule has 188 valence electrons. The van der Waals surface area contributed by atoms with Gasteiger partial charge in [0, 0.05) is 0 Å². The predicted molar refractivity (Wildman–Crippen MR) is 140 cm³/mol. The highest BCUT2D eigenvalue weighted by molar-refractivity contribution is 7.07. The fourth-order valence-corrected chi connectivity index (χ4v) is 5.16. The molecule has 1 aromatic heterocycles. The van der Waals surface area contributed by atoms with E-state index in [0.717, 1.165) is 23.1 Å². The molecule has 2 aromatic carbocycles. The predicted octanol–water partition coefficient (Wildman–Crippen LogP) is 3.90. The summed E-state index contributed by atoms with van der Waals surface area (Å²) in [6.07, 6.45) is 2.70. The summed E-state index contributed by atoms with van der Waals surface area (Å²) in [5.41, 5.74) is 3.41. The Labute approximate surface area is 214 Å². The van der Waals surface area contributed by atoms with Crippen molar-refractivity contribution in [2.75, 3.05) is 20.3 Å². The zero-order valence-electron chi connectivity index (χ0n) is 21.2. The van der Waals surface area contributed by atoms with Gasteiger partial charge in [0.05, 0.1) is 42.2 Å². The fraction of sp³-hybridized carbons (Fsp3) is 0.321. The molecule has 7 nitrogen and oxygen atoms in total. The van der Waals surface area contributed by atoms with E-state index in [-0.39, 0.29) is 12.2 Å². The number of benzene rings is 2. The molecule has 36 heavy (non-hydrogen) atoms. The van der Waals surface area contributed by atoms with Gasteiger partial charge >= 0.3 is 5.97 Å². The van der Waals surface area contributed by atoms with Gasteiger partial charge in [0.25, 0.3) is 5.56 Å². The third kappa shape index (κ3) is 4.99. The van der Waals surface area contributed by atoms with E-state index >= 15 is 0 Å². The summed E-state index contributed by atoms with van der Waals surface area (Å²) in [6, 6.07) is 12.8. The molecule has 3 aromatic rings. The van der Waals surface area contributed by atoms with Crippen LogP contribution in [0.5, 0.6) is 11.5 Å². The molecular weight excluding hydrogens is 476 g/mol. The van der Waals surface area contributed by atoms with Gasteiger partial charge in [-0.15, -0.1) is 0 Å². The largest absolute Gasteiger partial charge is 0.493 e. The third-order valence-electron chi connectivity index (χ3n) is 5.86. The molecule has 2 heterocycles.